The van der Waals surface area contributed by atoms with Gasteiger partial charge in [0.25, 0.3) is 5.91 Å². The van der Waals surface area contributed by atoms with Crippen molar-refractivity contribution in [2.24, 2.45) is 5.10 Å². The second kappa shape index (κ2) is 6.37. The van der Waals surface area contributed by atoms with Crippen LogP contribution < -0.4 is 5.43 Å². The lowest BCUT2D eigenvalue weighted by molar-refractivity contribution is 0.0952. The summed E-state index contributed by atoms with van der Waals surface area (Å²) in [6, 6.07) is 20.2. The van der Waals surface area contributed by atoms with Gasteiger partial charge in [0.1, 0.15) is 17.0 Å². The Balaban J connectivity index is 1.64. The normalized spacial score (nSPS) is 11.8. The Labute approximate surface area is 149 Å². The van der Waals surface area contributed by atoms with Gasteiger partial charge in [0.15, 0.2) is 5.76 Å². The standard InChI is InChI=1S/C21H16N2O3/c1-13(22-23-21(25)16-8-4-5-9-18(16)24)20-12-17-15-7-3-2-6-14(15)10-11-19(17)26-20/h2-12,24H,1H3,(H,23,25)/b22-13-. The molecule has 0 radical (unpaired) electrons. The highest BCUT2D eigenvalue weighted by atomic mass is 16.3. The summed E-state index contributed by atoms with van der Waals surface area (Å²) in [5, 5.41) is 17.1. The summed E-state index contributed by atoms with van der Waals surface area (Å²) in [7, 11) is 0. The van der Waals surface area contributed by atoms with Crippen molar-refractivity contribution in [3.8, 4) is 5.75 Å². The maximum Gasteiger partial charge on any atom is 0.275 e. The summed E-state index contributed by atoms with van der Waals surface area (Å²) in [4.78, 5) is 12.1. The van der Waals surface area contributed by atoms with Gasteiger partial charge >= 0.3 is 0 Å². The molecule has 5 heteroatoms. The molecule has 0 aliphatic heterocycles. The van der Waals surface area contributed by atoms with Crippen molar-refractivity contribution in [1.82, 2.24) is 5.43 Å². The zero-order valence-electron chi connectivity index (χ0n) is 14.1. The van der Waals surface area contributed by atoms with Crippen LogP contribution in [0.1, 0.15) is 23.0 Å². The first-order valence-corrected chi connectivity index (χ1v) is 8.18. The highest BCUT2D eigenvalue weighted by Gasteiger charge is 2.12. The van der Waals surface area contributed by atoms with E-state index in [0.717, 1.165) is 21.7 Å². The van der Waals surface area contributed by atoms with Crippen molar-refractivity contribution in [3.63, 3.8) is 0 Å². The maximum absolute atomic E-state index is 12.1. The molecule has 3 aromatic carbocycles. The molecular formula is C21H16N2O3. The van der Waals surface area contributed by atoms with Gasteiger partial charge in [0, 0.05) is 5.39 Å². The van der Waals surface area contributed by atoms with Crippen LogP contribution in [0.3, 0.4) is 0 Å². The van der Waals surface area contributed by atoms with Gasteiger partial charge in [0.05, 0.1) is 5.56 Å². The summed E-state index contributed by atoms with van der Waals surface area (Å²) >= 11 is 0. The van der Waals surface area contributed by atoms with Crippen LogP contribution in [0.2, 0.25) is 0 Å². The number of nitrogens with zero attached hydrogens (tertiary/aromatic N) is 1. The number of fused-ring (bicyclic) bond motifs is 3. The quantitative estimate of drug-likeness (QED) is 0.426. The summed E-state index contributed by atoms with van der Waals surface area (Å²) in [5.74, 6) is 0.00556. The highest BCUT2D eigenvalue weighted by Crippen LogP contribution is 2.28. The summed E-state index contributed by atoms with van der Waals surface area (Å²) in [6.45, 7) is 1.75. The fourth-order valence-electron chi connectivity index (χ4n) is 2.89. The van der Waals surface area contributed by atoms with Crippen molar-refractivity contribution in [1.29, 1.82) is 0 Å². The molecule has 128 valence electrons. The fourth-order valence-corrected chi connectivity index (χ4v) is 2.89. The number of aromatic hydroxyl groups is 1. The molecule has 4 rings (SSSR count). The van der Waals surface area contributed by atoms with E-state index in [4.69, 9.17) is 4.42 Å². The number of hydrogen-bond acceptors (Lipinski definition) is 4. The number of phenolic OH excluding ortho intramolecular Hbond substituents is 1. The number of hydrazone groups is 1. The van der Waals surface area contributed by atoms with E-state index in [1.54, 1.807) is 19.1 Å². The van der Waals surface area contributed by atoms with E-state index in [9.17, 15) is 9.90 Å². The number of furan rings is 1. The predicted octanol–water partition coefficient (Wildman–Crippen LogP) is 4.45. The number of phenols is 1. The van der Waals surface area contributed by atoms with E-state index in [0.29, 0.717) is 11.5 Å². The van der Waals surface area contributed by atoms with Crippen molar-refractivity contribution >= 4 is 33.4 Å². The summed E-state index contributed by atoms with van der Waals surface area (Å²) in [5.41, 5.74) is 3.92. The van der Waals surface area contributed by atoms with Gasteiger partial charge in [-0.25, -0.2) is 5.43 Å². The Bertz CT molecular complexity index is 1160. The Hall–Kier alpha value is -3.60. The molecule has 0 unspecified atom stereocenters. The van der Waals surface area contributed by atoms with Crippen LogP contribution in [-0.2, 0) is 0 Å². The van der Waals surface area contributed by atoms with Crippen LogP contribution in [0, 0.1) is 0 Å². The molecule has 0 saturated heterocycles. The molecule has 0 aliphatic rings. The highest BCUT2D eigenvalue weighted by molar-refractivity contribution is 6.09. The second-order valence-electron chi connectivity index (χ2n) is 5.96. The number of carbonyl (C=O) groups is 1. The molecule has 1 amide bonds. The molecule has 0 atom stereocenters. The van der Waals surface area contributed by atoms with Crippen LogP contribution in [0.4, 0.5) is 0 Å². The van der Waals surface area contributed by atoms with Crippen molar-refractivity contribution in [3.05, 3.63) is 78.1 Å². The lowest BCUT2D eigenvalue weighted by Crippen LogP contribution is -2.19. The Morgan fingerprint density at radius 1 is 1.00 bits per heavy atom. The molecule has 0 saturated carbocycles. The first-order chi connectivity index (χ1) is 12.6. The van der Waals surface area contributed by atoms with Gasteiger partial charge < -0.3 is 9.52 Å². The summed E-state index contributed by atoms with van der Waals surface area (Å²) < 4.78 is 5.87. The Kier molecular flexibility index (Phi) is 3.89. The largest absolute Gasteiger partial charge is 0.507 e. The number of rotatable bonds is 3. The molecule has 0 fully saturated rings. The third-order valence-corrected chi connectivity index (χ3v) is 4.26. The van der Waals surface area contributed by atoms with Gasteiger partial charge in [-0.15, -0.1) is 0 Å². The molecule has 4 aromatic rings. The van der Waals surface area contributed by atoms with Gasteiger partial charge in [-0.05, 0) is 42.0 Å². The fraction of sp³-hybridized carbons (Fsp3) is 0.0476. The number of amides is 1. The minimum Gasteiger partial charge on any atom is -0.507 e. The van der Waals surface area contributed by atoms with Gasteiger partial charge in [-0.2, -0.15) is 5.10 Å². The lowest BCUT2D eigenvalue weighted by atomic mass is 10.1. The zero-order chi connectivity index (χ0) is 18.1. The predicted molar refractivity (Wildman–Crippen MR) is 102 cm³/mol. The zero-order valence-corrected chi connectivity index (χ0v) is 14.1. The number of hydrogen-bond donors (Lipinski definition) is 2. The van der Waals surface area contributed by atoms with E-state index in [1.807, 2.05) is 36.4 Å². The minimum atomic E-state index is -0.482. The number of para-hydroxylation sites is 1. The smallest absolute Gasteiger partial charge is 0.275 e. The summed E-state index contributed by atoms with van der Waals surface area (Å²) in [6.07, 6.45) is 0. The van der Waals surface area contributed by atoms with Crippen LogP contribution in [-0.4, -0.2) is 16.7 Å². The van der Waals surface area contributed by atoms with Crippen LogP contribution in [0.25, 0.3) is 21.7 Å². The molecule has 1 heterocycles. The van der Waals surface area contributed by atoms with E-state index in [2.05, 4.69) is 16.6 Å². The molecular weight excluding hydrogens is 328 g/mol. The first kappa shape index (κ1) is 15.9. The molecule has 5 nitrogen and oxygen atoms in total. The average Bonchev–Trinajstić information content (AvgIpc) is 3.11. The maximum atomic E-state index is 12.1. The van der Waals surface area contributed by atoms with Gasteiger partial charge in [-0.3, -0.25) is 4.79 Å². The number of carbonyl (C=O) groups excluding carboxylic acids is 1. The molecule has 0 aliphatic carbocycles. The van der Waals surface area contributed by atoms with E-state index in [1.165, 1.54) is 12.1 Å². The molecule has 0 spiro atoms. The van der Waals surface area contributed by atoms with Crippen LogP contribution in [0.5, 0.6) is 5.75 Å². The second-order valence-corrected chi connectivity index (χ2v) is 5.96. The van der Waals surface area contributed by atoms with E-state index < -0.39 is 5.91 Å². The Morgan fingerprint density at radius 3 is 2.62 bits per heavy atom. The van der Waals surface area contributed by atoms with Crippen LogP contribution in [0.15, 0.2) is 76.2 Å². The lowest BCUT2D eigenvalue weighted by Gasteiger charge is -2.03. The van der Waals surface area contributed by atoms with E-state index >= 15 is 0 Å². The molecule has 2 N–H and O–H groups in total. The third-order valence-electron chi connectivity index (χ3n) is 4.26. The van der Waals surface area contributed by atoms with Gasteiger partial charge in [0.2, 0.25) is 0 Å². The van der Waals surface area contributed by atoms with Crippen LogP contribution >= 0.6 is 0 Å². The minimum absolute atomic E-state index is 0.0898. The van der Waals surface area contributed by atoms with Gasteiger partial charge in [-0.1, -0.05) is 42.5 Å². The Morgan fingerprint density at radius 2 is 1.77 bits per heavy atom. The molecule has 26 heavy (non-hydrogen) atoms. The molecule has 0 bridgehead atoms. The van der Waals surface area contributed by atoms with Crippen molar-refractivity contribution in [2.45, 2.75) is 6.92 Å². The third kappa shape index (κ3) is 2.80. The first-order valence-electron chi connectivity index (χ1n) is 8.18. The SMILES string of the molecule is C/C(=N/NC(=O)c1ccccc1O)c1cc2c(ccc3ccccc32)o1. The number of nitrogens with one attached hydrogen (secondary N) is 1. The van der Waals surface area contributed by atoms with E-state index in [-0.39, 0.29) is 11.3 Å². The topological polar surface area (TPSA) is 74.8 Å². The molecule has 1 aromatic heterocycles. The number of benzene rings is 3. The van der Waals surface area contributed by atoms with Crippen molar-refractivity contribution < 1.29 is 14.3 Å². The monoisotopic (exact) mass is 344 g/mol. The van der Waals surface area contributed by atoms with Crippen molar-refractivity contribution in [2.75, 3.05) is 0 Å². The average molecular weight is 344 g/mol.